The van der Waals surface area contributed by atoms with E-state index < -0.39 is 0 Å². The highest BCUT2D eigenvalue weighted by molar-refractivity contribution is 5.72. The van der Waals surface area contributed by atoms with Crippen molar-refractivity contribution in [2.45, 2.75) is 59.8 Å². The van der Waals surface area contributed by atoms with Gasteiger partial charge in [0.15, 0.2) is 0 Å². The Kier molecular flexibility index (Phi) is 5.16. The lowest BCUT2D eigenvalue weighted by molar-refractivity contribution is 0.199. The lowest BCUT2D eigenvalue weighted by Gasteiger charge is -2.40. The SMILES string of the molecule is CC(C)(C)c1cn(-c2ccc(N3CCC(C(C)(C)C)CC3)cc2-c2nn[nH]n2)cn1. The van der Waals surface area contributed by atoms with Crippen molar-refractivity contribution in [3.63, 3.8) is 0 Å². The minimum absolute atomic E-state index is 0.00507. The standard InChI is InChI=1S/C23H33N7/c1-22(2,3)16-9-11-29(12-10-16)17-7-8-19(18(13-17)21-25-27-28-26-21)30-14-20(24-15-30)23(4,5)6/h7-8,13-16H,9-12H2,1-6H3,(H,25,26,27,28). The largest absolute Gasteiger partial charge is 0.371 e. The first-order valence-corrected chi connectivity index (χ1v) is 10.8. The van der Waals surface area contributed by atoms with E-state index in [-0.39, 0.29) is 5.41 Å². The molecule has 1 fully saturated rings. The van der Waals surface area contributed by atoms with Gasteiger partial charge in [0.05, 0.1) is 17.7 Å². The van der Waals surface area contributed by atoms with Gasteiger partial charge in [-0.3, -0.25) is 0 Å². The second-order valence-corrected chi connectivity index (χ2v) is 10.5. The second-order valence-electron chi connectivity index (χ2n) is 10.5. The van der Waals surface area contributed by atoms with Crippen LogP contribution in [0.25, 0.3) is 17.1 Å². The molecular weight excluding hydrogens is 374 g/mol. The molecule has 0 amide bonds. The molecule has 0 spiro atoms. The summed E-state index contributed by atoms with van der Waals surface area (Å²) in [6.45, 7) is 15.7. The van der Waals surface area contributed by atoms with Gasteiger partial charge in [-0.15, -0.1) is 10.2 Å². The lowest BCUT2D eigenvalue weighted by Crippen LogP contribution is -2.38. The van der Waals surface area contributed by atoms with Crippen LogP contribution in [0.2, 0.25) is 0 Å². The Hall–Kier alpha value is -2.70. The lowest BCUT2D eigenvalue weighted by atomic mass is 9.75. The molecule has 4 rings (SSSR count). The van der Waals surface area contributed by atoms with E-state index >= 15 is 0 Å². The van der Waals surface area contributed by atoms with Gasteiger partial charge in [-0.05, 0) is 47.6 Å². The first kappa shape index (κ1) is 20.6. The molecule has 1 aliphatic rings. The quantitative estimate of drug-likeness (QED) is 0.686. The zero-order chi connectivity index (χ0) is 21.5. The molecule has 0 atom stereocenters. The number of aromatic amines is 1. The van der Waals surface area contributed by atoms with Crippen molar-refractivity contribution in [2.75, 3.05) is 18.0 Å². The molecule has 7 nitrogen and oxygen atoms in total. The van der Waals surface area contributed by atoms with Crippen LogP contribution in [0.4, 0.5) is 5.69 Å². The maximum atomic E-state index is 4.62. The Labute approximate surface area is 178 Å². The number of hydrogen-bond donors (Lipinski definition) is 1. The maximum Gasteiger partial charge on any atom is 0.206 e. The van der Waals surface area contributed by atoms with E-state index in [0.29, 0.717) is 11.2 Å². The zero-order valence-electron chi connectivity index (χ0n) is 19.0. The monoisotopic (exact) mass is 407 g/mol. The minimum atomic E-state index is -0.00507. The average molecular weight is 408 g/mol. The average Bonchev–Trinajstić information content (AvgIpc) is 3.39. The number of imidazole rings is 1. The van der Waals surface area contributed by atoms with Crippen LogP contribution >= 0.6 is 0 Å². The number of benzene rings is 1. The summed E-state index contributed by atoms with van der Waals surface area (Å²) in [5.41, 5.74) is 4.59. The Morgan fingerprint density at radius 2 is 1.77 bits per heavy atom. The third-order valence-electron chi connectivity index (χ3n) is 6.28. The van der Waals surface area contributed by atoms with E-state index in [4.69, 9.17) is 0 Å². The van der Waals surface area contributed by atoms with Crippen molar-refractivity contribution >= 4 is 5.69 Å². The Morgan fingerprint density at radius 1 is 1.03 bits per heavy atom. The van der Waals surface area contributed by atoms with Crippen LogP contribution in [-0.2, 0) is 5.41 Å². The third-order valence-corrected chi connectivity index (χ3v) is 6.28. The number of rotatable bonds is 3. The number of aromatic nitrogens is 6. The number of H-pyrrole nitrogens is 1. The maximum absolute atomic E-state index is 4.62. The van der Waals surface area contributed by atoms with E-state index in [2.05, 4.69) is 101 Å². The van der Waals surface area contributed by atoms with Crippen molar-refractivity contribution < 1.29 is 0 Å². The molecule has 3 heterocycles. The van der Waals surface area contributed by atoms with Gasteiger partial charge in [0.1, 0.15) is 0 Å². The van der Waals surface area contributed by atoms with Crippen molar-refractivity contribution in [3.05, 3.63) is 36.4 Å². The van der Waals surface area contributed by atoms with Crippen molar-refractivity contribution in [2.24, 2.45) is 11.3 Å². The third kappa shape index (κ3) is 4.11. The van der Waals surface area contributed by atoms with E-state index in [0.717, 1.165) is 36.0 Å². The summed E-state index contributed by atoms with van der Waals surface area (Å²) in [4.78, 5) is 7.09. The molecule has 1 aromatic carbocycles. The molecule has 160 valence electrons. The molecule has 0 bridgehead atoms. The molecule has 1 aliphatic heterocycles. The number of hydrogen-bond acceptors (Lipinski definition) is 5. The summed E-state index contributed by atoms with van der Waals surface area (Å²) in [6, 6.07) is 6.53. The van der Waals surface area contributed by atoms with Crippen LogP contribution < -0.4 is 4.90 Å². The fraction of sp³-hybridized carbons (Fsp3) is 0.565. The molecular formula is C23H33N7. The van der Waals surface area contributed by atoms with Crippen LogP contribution in [-0.4, -0.2) is 43.3 Å². The van der Waals surface area contributed by atoms with Crippen molar-refractivity contribution in [3.8, 4) is 17.1 Å². The van der Waals surface area contributed by atoms with Gasteiger partial charge in [-0.25, -0.2) is 4.98 Å². The van der Waals surface area contributed by atoms with Gasteiger partial charge in [0, 0.05) is 36.0 Å². The first-order chi connectivity index (χ1) is 14.1. The van der Waals surface area contributed by atoms with Crippen LogP contribution in [0.15, 0.2) is 30.7 Å². The second kappa shape index (κ2) is 7.52. The van der Waals surface area contributed by atoms with Gasteiger partial charge in [-0.2, -0.15) is 5.21 Å². The van der Waals surface area contributed by atoms with Gasteiger partial charge in [0.25, 0.3) is 0 Å². The minimum Gasteiger partial charge on any atom is -0.371 e. The zero-order valence-corrected chi connectivity index (χ0v) is 19.0. The van der Waals surface area contributed by atoms with Gasteiger partial charge in [0.2, 0.25) is 5.82 Å². The normalized spacial score (nSPS) is 16.3. The fourth-order valence-corrected chi connectivity index (χ4v) is 4.25. The molecule has 2 aromatic heterocycles. The van der Waals surface area contributed by atoms with Crippen LogP contribution in [0, 0.1) is 11.3 Å². The van der Waals surface area contributed by atoms with Gasteiger partial charge in [-0.1, -0.05) is 41.5 Å². The Bertz CT molecular complexity index is 981. The summed E-state index contributed by atoms with van der Waals surface area (Å²) in [7, 11) is 0. The van der Waals surface area contributed by atoms with E-state index in [1.807, 2.05) is 6.33 Å². The topological polar surface area (TPSA) is 75.5 Å². The van der Waals surface area contributed by atoms with E-state index in [1.165, 1.54) is 18.5 Å². The number of nitrogens with zero attached hydrogens (tertiary/aromatic N) is 6. The Balaban J connectivity index is 1.66. The first-order valence-electron chi connectivity index (χ1n) is 10.8. The number of nitrogens with one attached hydrogen (secondary N) is 1. The molecule has 0 aliphatic carbocycles. The molecule has 1 N–H and O–H groups in total. The van der Waals surface area contributed by atoms with E-state index in [1.54, 1.807) is 0 Å². The summed E-state index contributed by atoms with van der Waals surface area (Å²) in [5, 5.41) is 14.9. The predicted octanol–water partition coefficient (Wildman–Crippen LogP) is 4.61. The van der Waals surface area contributed by atoms with Gasteiger partial charge < -0.3 is 9.47 Å². The smallest absolute Gasteiger partial charge is 0.206 e. The summed E-state index contributed by atoms with van der Waals surface area (Å²) >= 11 is 0. The molecule has 0 radical (unpaired) electrons. The number of anilines is 1. The van der Waals surface area contributed by atoms with Crippen LogP contribution in [0.3, 0.4) is 0 Å². The fourth-order valence-electron chi connectivity index (χ4n) is 4.25. The molecule has 0 saturated carbocycles. The van der Waals surface area contributed by atoms with Gasteiger partial charge >= 0.3 is 0 Å². The number of piperidine rings is 1. The summed E-state index contributed by atoms with van der Waals surface area (Å²) in [6.07, 6.45) is 6.40. The molecule has 30 heavy (non-hydrogen) atoms. The summed E-state index contributed by atoms with van der Waals surface area (Å²) in [5.74, 6) is 1.37. The van der Waals surface area contributed by atoms with Crippen LogP contribution in [0.5, 0.6) is 0 Å². The number of tetrazole rings is 1. The molecule has 1 saturated heterocycles. The highest BCUT2D eigenvalue weighted by Gasteiger charge is 2.29. The highest BCUT2D eigenvalue weighted by atomic mass is 15.5. The van der Waals surface area contributed by atoms with Crippen molar-refractivity contribution in [1.29, 1.82) is 0 Å². The predicted molar refractivity (Wildman–Crippen MR) is 120 cm³/mol. The molecule has 3 aromatic rings. The van der Waals surface area contributed by atoms with E-state index in [9.17, 15) is 0 Å². The molecule has 0 unspecified atom stereocenters. The summed E-state index contributed by atoms with van der Waals surface area (Å²) < 4.78 is 2.06. The van der Waals surface area contributed by atoms with Crippen molar-refractivity contribution in [1.82, 2.24) is 30.2 Å². The highest BCUT2D eigenvalue weighted by Crippen LogP contribution is 2.37. The van der Waals surface area contributed by atoms with Crippen LogP contribution in [0.1, 0.15) is 60.1 Å². The molecule has 7 heteroatoms. The Morgan fingerprint density at radius 3 is 2.33 bits per heavy atom.